The van der Waals surface area contributed by atoms with Crippen molar-refractivity contribution < 1.29 is 14.6 Å². The number of aliphatic hydroxyl groups excluding tert-OH is 1. The normalized spacial score (nSPS) is 20.4. The molecule has 1 aromatic carbocycles. The van der Waals surface area contributed by atoms with Crippen molar-refractivity contribution in [3.8, 4) is 16.2 Å². The first-order valence-corrected chi connectivity index (χ1v) is 8.39. The van der Waals surface area contributed by atoms with E-state index in [1.807, 2.05) is 30.3 Å². The fraction of sp³-hybridized carbons (Fsp3) is 0.353. The molecule has 3 rings (SSSR count). The molecule has 1 amide bonds. The van der Waals surface area contributed by atoms with Crippen LogP contribution in [0.1, 0.15) is 11.3 Å². The van der Waals surface area contributed by atoms with E-state index < -0.39 is 6.10 Å². The Morgan fingerprint density at radius 1 is 1.35 bits per heavy atom. The maximum absolute atomic E-state index is 12.0. The monoisotopic (exact) mass is 332 g/mol. The van der Waals surface area contributed by atoms with Gasteiger partial charge in [-0.2, -0.15) is 0 Å². The number of rotatable bonds is 5. The van der Waals surface area contributed by atoms with Crippen LogP contribution in [-0.4, -0.2) is 36.8 Å². The smallest absolute Gasteiger partial charge is 0.237 e. The third-order valence-electron chi connectivity index (χ3n) is 3.90. The average Bonchev–Trinajstić information content (AvgIpc) is 3.22. The Morgan fingerprint density at radius 2 is 2.13 bits per heavy atom. The summed E-state index contributed by atoms with van der Waals surface area (Å²) < 4.78 is 5.16. The summed E-state index contributed by atoms with van der Waals surface area (Å²) in [6.07, 6.45) is 0.0575. The number of benzene rings is 1. The lowest BCUT2D eigenvalue weighted by molar-refractivity contribution is -0.123. The lowest BCUT2D eigenvalue weighted by atomic mass is 10.2. The summed E-state index contributed by atoms with van der Waals surface area (Å²) in [5.74, 6) is 0.782. The summed E-state index contributed by atoms with van der Waals surface area (Å²) in [7, 11) is 1.65. The van der Waals surface area contributed by atoms with Gasteiger partial charge in [0.2, 0.25) is 5.91 Å². The Morgan fingerprint density at radius 3 is 2.78 bits per heavy atom. The molecule has 0 saturated carbocycles. The quantitative estimate of drug-likeness (QED) is 0.780. The van der Waals surface area contributed by atoms with Crippen LogP contribution in [-0.2, 0) is 11.3 Å². The van der Waals surface area contributed by atoms with Crippen molar-refractivity contribution in [2.45, 2.75) is 25.1 Å². The van der Waals surface area contributed by atoms with E-state index in [1.54, 1.807) is 18.4 Å². The summed E-state index contributed by atoms with van der Waals surface area (Å²) in [5.41, 5.74) is 1.13. The highest BCUT2D eigenvalue weighted by atomic mass is 32.1. The van der Waals surface area contributed by atoms with Crippen molar-refractivity contribution in [3.63, 3.8) is 0 Å². The highest BCUT2D eigenvalue weighted by Crippen LogP contribution is 2.29. The molecule has 0 bridgehead atoms. The van der Waals surface area contributed by atoms with Crippen molar-refractivity contribution in [2.75, 3.05) is 13.7 Å². The zero-order chi connectivity index (χ0) is 16.2. The second-order valence-corrected chi connectivity index (χ2v) is 6.73. The minimum absolute atomic E-state index is 0.0547. The van der Waals surface area contributed by atoms with Crippen LogP contribution in [0.2, 0.25) is 0 Å². The van der Waals surface area contributed by atoms with Gasteiger partial charge in [0.05, 0.1) is 25.8 Å². The van der Waals surface area contributed by atoms with Crippen LogP contribution in [0.3, 0.4) is 0 Å². The first-order valence-electron chi connectivity index (χ1n) is 7.58. The molecule has 1 aromatic heterocycles. The van der Waals surface area contributed by atoms with Crippen LogP contribution < -0.4 is 15.4 Å². The van der Waals surface area contributed by atoms with Crippen LogP contribution in [0.4, 0.5) is 0 Å². The Labute approximate surface area is 139 Å². The van der Waals surface area contributed by atoms with Gasteiger partial charge in [-0.15, -0.1) is 11.3 Å². The van der Waals surface area contributed by atoms with Crippen molar-refractivity contribution in [1.82, 2.24) is 10.6 Å². The molecule has 0 aliphatic carbocycles. The summed E-state index contributed by atoms with van der Waals surface area (Å²) >= 11 is 1.66. The second kappa shape index (κ2) is 7.12. The number of hydrogen-bond donors (Lipinski definition) is 3. The van der Waals surface area contributed by atoms with Gasteiger partial charge in [-0.25, -0.2) is 0 Å². The molecule has 23 heavy (non-hydrogen) atoms. The number of methoxy groups -OCH3 is 1. The zero-order valence-corrected chi connectivity index (χ0v) is 13.7. The molecule has 2 aromatic rings. The first kappa shape index (κ1) is 16.0. The number of hydrogen-bond acceptors (Lipinski definition) is 5. The molecular weight excluding hydrogens is 312 g/mol. The van der Waals surface area contributed by atoms with Gasteiger partial charge >= 0.3 is 0 Å². The van der Waals surface area contributed by atoms with Gasteiger partial charge < -0.3 is 20.5 Å². The molecule has 2 heterocycles. The maximum atomic E-state index is 12.0. The van der Waals surface area contributed by atoms with Crippen LogP contribution in [0, 0.1) is 0 Å². The van der Waals surface area contributed by atoms with Crippen molar-refractivity contribution in [2.24, 2.45) is 0 Å². The van der Waals surface area contributed by atoms with Gasteiger partial charge in [-0.3, -0.25) is 4.79 Å². The summed E-state index contributed by atoms with van der Waals surface area (Å²) in [5, 5.41) is 15.4. The molecular formula is C17H20N2O3S. The molecule has 0 radical (unpaired) electrons. The molecule has 1 fully saturated rings. The third kappa shape index (κ3) is 3.90. The van der Waals surface area contributed by atoms with E-state index in [0.29, 0.717) is 19.5 Å². The van der Waals surface area contributed by atoms with E-state index in [9.17, 15) is 9.90 Å². The Kier molecular flexibility index (Phi) is 4.95. The van der Waals surface area contributed by atoms with E-state index in [4.69, 9.17) is 4.74 Å². The Hall–Kier alpha value is -1.89. The molecule has 2 atom stereocenters. The lowest BCUT2D eigenvalue weighted by Gasteiger charge is -2.09. The summed E-state index contributed by atoms with van der Waals surface area (Å²) in [6.45, 7) is 0.993. The molecule has 0 spiro atoms. The minimum Gasteiger partial charge on any atom is -0.497 e. The number of carbonyl (C=O) groups excluding carboxylic acids is 1. The zero-order valence-electron chi connectivity index (χ0n) is 12.9. The number of carbonyl (C=O) groups is 1. The molecule has 3 N–H and O–H groups in total. The maximum Gasteiger partial charge on any atom is 0.237 e. The topological polar surface area (TPSA) is 70.6 Å². The van der Waals surface area contributed by atoms with Crippen LogP contribution >= 0.6 is 11.3 Å². The Bertz CT molecular complexity index is 669. The number of nitrogens with one attached hydrogen (secondary N) is 2. The van der Waals surface area contributed by atoms with E-state index in [-0.39, 0.29) is 11.9 Å². The molecule has 1 aliphatic rings. The summed E-state index contributed by atoms with van der Waals surface area (Å²) in [6, 6.07) is 11.7. The van der Waals surface area contributed by atoms with Gasteiger partial charge in [-0.05, 0) is 48.4 Å². The van der Waals surface area contributed by atoms with Crippen LogP contribution in [0.5, 0.6) is 5.75 Å². The van der Waals surface area contributed by atoms with Gasteiger partial charge in [-0.1, -0.05) is 0 Å². The lowest BCUT2D eigenvalue weighted by Crippen LogP contribution is -2.39. The van der Waals surface area contributed by atoms with E-state index in [2.05, 4.69) is 16.7 Å². The van der Waals surface area contributed by atoms with Crippen LogP contribution in [0.25, 0.3) is 10.4 Å². The van der Waals surface area contributed by atoms with E-state index in [1.165, 1.54) is 0 Å². The van der Waals surface area contributed by atoms with Crippen molar-refractivity contribution in [1.29, 1.82) is 0 Å². The number of ether oxygens (including phenoxy) is 1. The number of thiophene rings is 1. The summed E-state index contributed by atoms with van der Waals surface area (Å²) in [4.78, 5) is 14.3. The van der Waals surface area contributed by atoms with Gasteiger partial charge in [0.1, 0.15) is 5.75 Å². The number of amides is 1. The fourth-order valence-electron chi connectivity index (χ4n) is 2.60. The van der Waals surface area contributed by atoms with Crippen molar-refractivity contribution in [3.05, 3.63) is 41.3 Å². The standard InChI is InChI=1S/C17H20N2O3S/c1-22-13-4-2-11(3-5-13)16-7-6-14(23-16)10-19-17(21)15-8-12(20)9-18-15/h2-7,12,15,18,20H,8-10H2,1H3,(H,19,21). The fourth-order valence-corrected chi connectivity index (χ4v) is 3.55. The Balaban J connectivity index is 1.57. The second-order valence-electron chi connectivity index (χ2n) is 5.56. The molecule has 2 unspecified atom stereocenters. The molecule has 5 nitrogen and oxygen atoms in total. The van der Waals surface area contributed by atoms with E-state index >= 15 is 0 Å². The average molecular weight is 332 g/mol. The highest BCUT2D eigenvalue weighted by molar-refractivity contribution is 7.15. The largest absolute Gasteiger partial charge is 0.497 e. The van der Waals surface area contributed by atoms with E-state index in [0.717, 1.165) is 21.1 Å². The van der Waals surface area contributed by atoms with Gasteiger partial charge in [0.25, 0.3) is 0 Å². The SMILES string of the molecule is COc1ccc(-c2ccc(CNC(=O)C3CC(O)CN3)s2)cc1. The predicted octanol–water partition coefficient (Wildman–Crippen LogP) is 1.76. The minimum atomic E-state index is -0.422. The molecule has 1 saturated heterocycles. The molecule has 1 aliphatic heterocycles. The number of aliphatic hydroxyl groups is 1. The number of β-amino-alcohol motifs (C(OH)–C–C–N with tert-alkyl or cyclic N) is 1. The molecule has 6 heteroatoms. The van der Waals surface area contributed by atoms with Crippen molar-refractivity contribution >= 4 is 17.2 Å². The van der Waals surface area contributed by atoms with Crippen LogP contribution in [0.15, 0.2) is 36.4 Å². The third-order valence-corrected chi connectivity index (χ3v) is 5.03. The first-order chi connectivity index (χ1) is 11.2. The van der Waals surface area contributed by atoms with Gasteiger partial charge in [0.15, 0.2) is 0 Å². The highest BCUT2D eigenvalue weighted by Gasteiger charge is 2.27. The van der Waals surface area contributed by atoms with Gasteiger partial charge in [0, 0.05) is 16.3 Å². The molecule has 122 valence electrons. The predicted molar refractivity (Wildman–Crippen MR) is 90.6 cm³/mol.